The van der Waals surface area contributed by atoms with Crippen LogP contribution >= 0.6 is 15.9 Å². The van der Waals surface area contributed by atoms with E-state index in [1.807, 2.05) is 0 Å². The Bertz CT molecular complexity index is 308. The van der Waals surface area contributed by atoms with Crippen LogP contribution in [0.2, 0.25) is 0 Å². The molecular weight excluding hydrogens is 220 g/mol. The maximum absolute atomic E-state index is 11.6. The Kier molecular flexibility index (Phi) is 1.79. The number of aromatic nitrogens is 2. The zero-order chi connectivity index (χ0) is 8.72. The molecule has 0 aliphatic heterocycles. The van der Waals surface area contributed by atoms with Gasteiger partial charge in [0.15, 0.2) is 5.78 Å². The molecule has 1 saturated carbocycles. The van der Waals surface area contributed by atoms with E-state index in [2.05, 4.69) is 21.0 Å². The zero-order valence-corrected chi connectivity index (χ0v) is 8.34. The van der Waals surface area contributed by atoms with Gasteiger partial charge in [-0.05, 0) is 28.8 Å². The molecule has 0 spiro atoms. The van der Waals surface area contributed by atoms with Gasteiger partial charge in [0.2, 0.25) is 0 Å². The Balaban J connectivity index is 2.36. The van der Waals surface area contributed by atoms with Gasteiger partial charge in [0.05, 0.1) is 10.7 Å². The van der Waals surface area contributed by atoms with Crippen molar-refractivity contribution >= 4 is 21.7 Å². The molecule has 0 N–H and O–H groups in total. The van der Waals surface area contributed by atoms with Crippen LogP contribution in [-0.4, -0.2) is 15.6 Å². The fraction of sp³-hybridized carbons (Fsp3) is 0.500. The Morgan fingerprint density at radius 3 is 2.83 bits per heavy atom. The summed E-state index contributed by atoms with van der Waals surface area (Å²) in [5, 5.41) is 4.00. The van der Waals surface area contributed by atoms with Gasteiger partial charge in [-0.1, -0.05) is 0 Å². The van der Waals surface area contributed by atoms with Gasteiger partial charge in [0, 0.05) is 13.0 Å². The Labute approximate surface area is 78.9 Å². The molecule has 3 nitrogen and oxygen atoms in total. The van der Waals surface area contributed by atoms with Crippen molar-refractivity contribution in [3.8, 4) is 0 Å². The topological polar surface area (TPSA) is 34.9 Å². The monoisotopic (exact) mass is 228 g/mol. The number of hydrogen-bond acceptors (Lipinski definition) is 2. The van der Waals surface area contributed by atoms with Gasteiger partial charge in [-0.3, -0.25) is 9.48 Å². The third-order valence-corrected chi connectivity index (χ3v) is 2.66. The summed E-state index contributed by atoms with van der Waals surface area (Å²) in [6, 6.07) is 0. The first-order valence-corrected chi connectivity index (χ1v) is 4.71. The van der Waals surface area contributed by atoms with Crippen molar-refractivity contribution in [3.05, 3.63) is 16.4 Å². The maximum Gasteiger partial charge on any atom is 0.185 e. The minimum absolute atomic E-state index is 0.224. The summed E-state index contributed by atoms with van der Waals surface area (Å²) in [6.07, 6.45) is 3.74. The van der Waals surface area contributed by atoms with Gasteiger partial charge in [-0.2, -0.15) is 5.10 Å². The van der Waals surface area contributed by atoms with E-state index in [9.17, 15) is 4.79 Å². The summed E-state index contributed by atoms with van der Waals surface area (Å²) >= 11 is 3.31. The van der Waals surface area contributed by atoms with Gasteiger partial charge < -0.3 is 0 Å². The number of carbonyl (C=O) groups excluding carboxylic acids is 1. The average Bonchev–Trinajstić information content (AvgIpc) is 2.79. The van der Waals surface area contributed by atoms with Crippen LogP contribution in [-0.2, 0) is 7.05 Å². The summed E-state index contributed by atoms with van der Waals surface area (Å²) in [7, 11) is 1.79. The van der Waals surface area contributed by atoms with E-state index >= 15 is 0 Å². The number of Topliss-reactive ketones (excluding diaryl/α,β-unsaturated/α-hetero) is 1. The average molecular weight is 229 g/mol. The fourth-order valence-electron chi connectivity index (χ4n) is 1.23. The van der Waals surface area contributed by atoms with Gasteiger partial charge in [0.1, 0.15) is 5.69 Å². The SMILES string of the molecule is Cn1ncc(Br)c1C(=O)C1CC1. The van der Waals surface area contributed by atoms with Crippen LogP contribution in [0, 0.1) is 5.92 Å². The molecule has 0 bridgehead atoms. The largest absolute Gasteiger partial charge is 0.292 e. The molecule has 0 saturated heterocycles. The molecule has 1 fully saturated rings. The van der Waals surface area contributed by atoms with E-state index in [1.165, 1.54) is 0 Å². The van der Waals surface area contributed by atoms with Gasteiger partial charge in [0.25, 0.3) is 0 Å². The molecular formula is C8H9BrN2O. The second kappa shape index (κ2) is 2.69. The number of aryl methyl sites for hydroxylation is 1. The number of rotatable bonds is 2. The van der Waals surface area contributed by atoms with Crippen LogP contribution in [0.5, 0.6) is 0 Å². The third kappa shape index (κ3) is 1.20. The van der Waals surface area contributed by atoms with Crippen LogP contribution in [0.3, 0.4) is 0 Å². The van der Waals surface area contributed by atoms with Crippen molar-refractivity contribution in [2.75, 3.05) is 0 Å². The van der Waals surface area contributed by atoms with Crippen LogP contribution in [0.15, 0.2) is 10.7 Å². The van der Waals surface area contributed by atoms with Crippen molar-refractivity contribution in [2.24, 2.45) is 13.0 Å². The third-order valence-electron chi connectivity index (χ3n) is 2.08. The highest BCUT2D eigenvalue weighted by Gasteiger charge is 2.33. The second-order valence-corrected chi connectivity index (χ2v) is 3.96. The number of carbonyl (C=O) groups is 1. The molecule has 1 aromatic rings. The van der Waals surface area contributed by atoms with Crippen molar-refractivity contribution in [3.63, 3.8) is 0 Å². The van der Waals surface area contributed by atoms with Crippen LogP contribution in [0.1, 0.15) is 23.3 Å². The number of nitrogens with zero attached hydrogens (tertiary/aromatic N) is 2. The van der Waals surface area contributed by atoms with Crippen LogP contribution in [0.25, 0.3) is 0 Å². The van der Waals surface area contributed by atoms with E-state index in [1.54, 1.807) is 17.9 Å². The molecule has 0 amide bonds. The minimum atomic E-state index is 0.224. The minimum Gasteiger partial charge on any atom is -0.292 e. The Morgan fingerprint density at radius 2 is 2.42 bits per heavy atom. The first kappa shape index (κ1) is 7.98. The summed E-state index contributed by atoms with van der Waals surface area (Å²) in [5.41, 5.74) is 0.706. The van der Waals surface area contributed by atoms with E-state index in [4.69, 9.17) is 0 Å². The molecule has 12 heavy (non-hydrogen) atoms. The van der Waals surface area contributed by atoms with Crippen molar-refractivity contribution in [2.45, 2.75) is 12.8 Å². The first-order valence-electron chi connectivity index (χ1n) is 3.92. The lowest BCUT2D eigenvalue weighted by molar-refractivity contribution is 0.0957. The quantitative estimate of drug-likeness (QED) is 0.724. The summed E-state index contributed by atoms with van der Waals surface area (Å²) < 4.78 is 2.44. The maximum atomic E-state index is 11.6. The normalized spacial score (nSPS) is 16.5. The van der Waals surface area contributed by atoms with E-state index in [-0.39, 0.29) is 11.7 Å². The molecule has 4 heteroatoms. The predicted octanol–water partition coefficient (Wildman–Crippen LogP) is 1.78. The first-order chi connectivity index (χ1) is 5.70. The molecule has 1 heterocycles. The zero-order valence-electron chi connectivity index (χ0n) is 6.75. The lowest BCUT2D eigenvalue weighted by atomic mass is 10.2. The molecule has 0 radical (unpaired) electrons. The highest BCUT2D eigenvalue weighted by Crippen LogP contribution is 2.34. The summed E-state index contributed by atoms with van der Waals surface area (Å²) in [5.74, 6) is 0.485. The van der Waals surface area contributed by atoms with Crippen LogP contribution in [0.4, 0.5) is 0 Å². The molecule has 1 aromatic heterocycles. The van der Waals surface area contributed by atoms with Crippen molar-refractivity contribution in [1.29, 1.82) is 0 Å². The van der Waals surface area contributed by atoms with Crippen LogP contribution < -0.4 is 0 Å². The molecule has 1 aliphatic rings. The molecule has 1 aliphatic carbocycles. The summed E-state index contributed by atoms with van der Waals surface area (Å²) in [4.78, 5) is 11.6. The molecule has 0 unspecified atom stereocenters. The molecule has 2 rings (SSSR count). The van der Waals surface area contributed by atoms with Gasteiger partial charge in [-0.25, -0.2) is 0 Å². The van der Waals surface area contributed by atoms with Crippen molar-refractivity contribution < 1.29 is 4.79 Å². The molecule has 0 atom stereocenters. The molecule has 0 aromatic carbocycles. The number of hydrogen-bond donors (Lipinski definition) is 0. The predicted molar refractivity (Wildman–Crippen MR) is 48.0 cm³/mol. The second-order valence-electron chi connectivity index (χ2n) is 3.10. The van der Waals surface area contributed by atoms with E-state index < -0.39 is 0 Å². The van der Waals surface area contributed by atoms with E-state index in [0.29, 0.717) is 5.69 Å². The standard InChI is InChI=1S/C8H9BrN2O/c1-11-7(6(9)4-10-11)8(12)5-2-3-5/h4-5H,2-3H2,1H3. The van der Waals surface area contributed by atoms with Crippen molar-refractivity contribution in [1.82, 2.24) is 9.78 Å². The Hall–Kier alpha value is -0.640. The van der Waals surface area contributed by atoms with Gasteiger partial charge >= 0.3 is 0 Å². The lowest BCUT2D eigenvalue weighted by Gasteiger charge is -1.99. The lowest BCUT2D eigenvalue weighted by Crippen LogP contribution is -2.09. The number of ketones is 1. The van der Waals surface area contributed by atoms with E-state index in [0.717, 1.165) is 17.3 Å². The molecule has 64 valence electrons. The fourth-order valence-corrected chi connectivity index (χ4v) is 1.77. The summed E-state index contributed by atoms with van der Waals surface area (Å²) in [6.45, 7) is 0. The smallest absolute Gasteiger partial charge is 0.185 e. The van der Waals surface area contributed by atoms with Gasteiger partial charge in [-0.15, -0.1) is 0 Å². The Morgan fingerprint density at radius 1 is 1.75 bits per heavy atom. The number of halogens is 1. The highest BCUT2D eigenvalue weighted by atomic mass is 79.9. The highest BCUT2D eigenvalue weighted by molar-refractivity contribution is 9.10.